The molecule has 0 bridgehead atoms. The van der Waals surface area contributed by atoms with E-state index >= 15 is 0 Å². The second-order valence-corrected chi connectivity index (χ2v) is 5.51. The minimum absolute atomic E-state index is 0.168. The smallest absolute Gasteiger partial charge is 0.0416 e. The van der Waals surface area contributed by atoms with E-state index in [-0.39, 0.29) is 5.41 Å². The lowest BCUT2D eigenvalue weighted by atomic mass is 9.87. The van der Waals surface area contributed by atoms with Crippen molar-refractivity contribution < 1.29 is 0 Å². The van der Waals surface area contributed by atoms with Gasteiger partial charge in [-0.2, -0.15) is 0 Å². The minimum Gasteiger partial charge on any atom is -0.0847 e. The van der Waals surface area contributed by atoms with Crippen molar-refractivity contribution in [3.8, 4) is 0 Å². The van der Waals surface area contributed by atoms with Crippen molar-refractivity contribution in [2.24, 2.45) is 5.41 Å². The Morgan fingerprint density at radius 1 is 1.31 bits per heavy atom. The third kappa shape index (κ3) is 6.11. The topological polar surface area (TPSA) is 0 Å². The first kappa shape index (κ1) is 13.0. The van der Waals surface area contributed by atoms with Crippen LogP contribution in [-0.2, 0) is 0 Å². The molecule has 0 aromatic heterocycles. The minimum atomic E-state index is 0.168. The predicted octanol–water partition coefficient (Wildman–Crippen LogP) is 5.01. The summed E-state index contributed by atoms with van der Waals surface area (Å²) in [7, 11) is 0. The van der Waals surface area contributed by atoms with Crippen molar-refractivity contribution in [1.82, 2.24) is 0 Å². The van der Waals surface area contributed by atoms with Crippen LogP contribution < -0.4 is 0 Å². The highest BCUT2D eigenvalue weighted by molar-refractivity contribution is 9.11. The molecule has 0 nitrogen and oxygen atoms in total. The van der Waals surface area contributed by atoms with Crippen LogP contribution in [0.5, 0.6) is 0 Å². The standard InChI is InChI=1S/C11H16BrCl/c1-8(11(3,4)5)6-10(13)7-9(2)12/h6-7H,2H2,1,3-5H3/b8-6+,10-7+. The maximum atomic E-state index is 5.97. The molecule has 0 aliphatic carbocycles. The molecule has 0 aromatic carbocycles. The van der Waals surface area contributed by atoms with Crippen LogP contribution in [0.1, 0.15) is 27.7 Å². The average Bonchev–Trinajstić information content (AvgIpc) is 1.82. The van der Waals surface area contributed by atoms with Crippen molar-refractivity contribution in [1.29, 1.82) is 0 Å². The van der Waals surface area contributed by atoms with Crippen LogP contribution in [0.25, 0.3) is 0 Å². The van der Waals surface area contributed by atoms with E-state index in [9.17, 15) is 0 Å². The molecule has 0 radical (unpaired) electrons. The summed E-state index contributed by atoms with van der Waals surface area (Å²) in [4.78, 5) is 0. The molecule has 0 aliphatic rings. The van der Waals surface area contributed by atoms with Crippen molar-refractivity contribution in [2.45, 2.75) is 27.7 Å². The van der Waals surface area contributed by atoms with E-state index < -0.39 is 0 Å². The Balaban J connectivity index is 4.67. The third-order valence-corrected chi connectivity index (χ3v) is 2.28. The number of allylic oxidation sites excluding steroid dienone is 5. The van der Waals surface area contributed by atoms with Crippen LogP contribution in [0.2, 0.25) is 0 Å². The Bertz CT molecular complexity index is 254. The van der Waals surface area contributed by atoms with Gasteiger partial charge in [-0.05, 0) is 24.5 Å². The van der Waals surface area contributed by atoms with E-state index in [1.807, 2.05) is 6.08 Å². The van der Waals surface area contributed by atoms with Gasteiger partial charge >= 0.3 is 0 Å². The lowest BCUT2D eigenvalue weighted by Crippen LogP contribution is -2.06. The molecule has 2 heteroatoms. The van der Waals surface area contributed by atoms with Gasteiger partial charge in [-0.25, -0.2) is 0 Å². The van der Waals surface area contributed by atoms with Gasteiger partial charge < -0.3 is 0 Å². The SMILES string of the molecule is C=C(Br)/C=C(Cl)\C=C(/C)C(C)(C)C. The molecule has 0 unspecified atom stereocenters. The van der Waals surface area contributed by atoms with Crippen LogP contribution in [0, 0.1) is 5.41 Å². The van der Waals surface area contributed by atoms with Crippen molar-refractivity contribution >= 4 is 27.5 Å². The number of halogens is 2. The summed E-state index contributed by atoms with van der Waals surface area (Å²) in [5, 5.41) is 0.703. The molecule has 0 amide bonds. The fourth-order valence-electron chi connectivity index (χ4n) is 0.615. The fraction of sp³-hybridized carbons (Fsp3) is 0.455. The maximum Gasteiger partial charge on any atom is 0.0416 e. The van der Waals surface area contributed by atoms with Crippen LogP contribution in [-0.4, -0.2) is 0 Å². The molecular weight excluding hydrogens is 247 g/mol. The Hall–Kier alpha value is -0.0100. The third-order valence-electron chi connectivity index (χ3n) is 1.83. The van der Waals surface area contributed by atoms with E-state index in [2.05, 4.69) is 50.2 Å². The van der Waals surface area contributed by atoms with Gasteiger partial charge in [0, 0.05) is 9.51 Å². The molecule has 0 N–H and O–H groups in total. The van der Waals surface area contributed by atoms with Crippen LogP contribution in [0.3, 0.4) is 0 Å². The van der Waals surface area contributed by atoms with E-state index in [0.717, 1.165) is 4.48 Å². The summed E-state index contributed by atoms with van der Waals surface area (Å²) < 4.78 is 0.787. The van der Waals surface area contributed by atoms with Crippen LogP contribution >= 0.6 is 27.5 Å². The first-order chi connectivity index (χ1) is 5.73. The Morgan fingerprint density at radius 3 is 2.08 bits per heavy atom. The van der Waals surface area contributed by atoms with Crippen molar-refractivity contribution in [3.05, 3.63) is 33.8 Å². The second-order valence-electron chi connectivity index (χ2n) is 4.05. The van der Waals surface area contributed by atoms with Gasteiger partial charge in [0.25, 0.3) is 0 Å². The van der Waals surface area contributed by atoms with E-state index in [0.29, 0.717) is 5.03 Å². The van der Waals surface area contributed by atoms with Gasteiger partial charge in [0.1, 0.15) is 0 Å². The van der Waals surface area contributed by atoms with E-state index in [1.165, 1.54) is 5.57 Å². The zero-order valence-electron chi connectivity index (χ0n) is 8.62. The Kier molecular flexibility index (Phi) is 5.01. The first-order valence-electron chi connectivity index (χ1n) is 4.14. The van der Waals surface area contributed by atoms with Gasteiger partial charge in [-0.3, -0.25) is 0 Å². The summed E-state index contributed by atoms with van der Waals surface area (Å²) in [6.45, 7) is 12.2. The molecule has 0 atom stereocenters. The van der Waals surface area contributed by atoms with E-state index in [4.69, 9.17) is 11.6 Å². The summed E-state index contributed by atoms with van der Waals surface area (Å²) in [5.41, 5.74) is 1.42. The van der Waals surface area contributed by atoms with Crippen molar-refractivity contribution in [3.63, 3.8) is 0 Å². The van der Waals surface area contributed by atoms with Crippen molar-refractivity contribution in [2.75, 3.05) is 0 Å². The predicted molar refractivity (Wildman–Crippen MR) is 65.2 cm³/mol. The molecule has 13 heavy (non-hydrogen) atoms. The van der Waals surface area contributed by atoms with Gasteiger partial charge in [0.05, 0.1) is 0 Å². The van der Waals surface area contributed by atoms with Gasteiger partial charge in [0.15, 0.2) is 0 Å². The van der Waals surface area contributed by atoms with Crippen LogP contribution in [0.15, 0.2) is 33.8 Å². The molecule has 0 fully saturated rings. The Morgan fingerprint density at radius 2 is 1.77 bits per heavy atom. The molecule has 0 aliphatic heterocycles. The molecular formula is C11H16BrCl. The van der Waals surface area contributed by atoms with Crippen LogP contribution in [0.4, 0.5) is 0 Å². The largest absolute Gasteiger partial charge is 0.0847 e. The zero-order valence-corrected chi connectivity index (χ0v) is 11.0. The van der Waals surface area contributed by atoms with E-state index in [1.54, 1.807) is 6.08 Å². The molecule has 74 valence electrons. The Labute approximate surface area is 94.5 Å². The molecule has 0 rings (SSSR count). The average molecular weight is 264 g/mol. The monoisotopic (exact) mass is 262 g/mol. The lowest BCUT2D eigenvalue weighted by Gasteiger charge is -2.19. The van der Waals surface area contributed by atoms with Gasteiger partial charge in [-0.1, -0.05) is 60.5 Å². The normalized spacial score (nSPS) is 14.6. The number of hydrogen-bond donors (Lipinski definition) is 0. The quantitative estimate of drug-likeness (QED) is 0.614. The lowest BCUT2D eigenvalue weighted by molar-refractivity contribution is 0.504. The summed E-state index contributed by atoms with van der Waals surface area (Å²) in [6.07, 6.45) is 3.75. The molecule has 0 saturated carbocycles. The summed E-state index contributed by atoms with van der Waals surface area (Å²) in [5.74, 6) is 0. The summed E-state index contributed by atoms with van der Waals surface area (Å²) >= 11 is 9.20. The number of rotatable bonds is 2. The molecule has 0 saturated heterocycles. The highest BCUT2D eigenvalue weighted by Crippen LogP contribution is 2.26. The molecule has 0 spiro atoms. The molecule has 0 aromatic rings. The first-order valence-corrected chi connectivity index (χ1v) is 5.31. The number of hydrogen-bond acceptors (Lipinski definition) is 0. The molecule has 0 heterocycles. The highest BCUT2D eigenvalue weighted by atomic mass is 79.9. The highest BCUT2D eigenvalue weighted by Gasteiger charge is 2.12. The van der Waals surface area contributed by atoms with Gasteiger partial charge in [-0.15, -0.1) is 0 Å². The fourth-order valence-corrected chi connectivity index (χ4v) is 1.29. The second kappa shape index (κ2) is 5.02. The summed E-state index contributed by atoms with van der Waals surface area (Å²) in [6, 6.07) is 0. The zero-order chi connectivity index (χ0) is 10.6. The maximum absolute atomic E-state index is 5.97. The van der Waals surface area contributed by atoms with Gasteiger partial charge in [0.2, 0.25) is 0 Å².